The Morgan fingerprint density at radius 1 is 1.23 bits per heavy atom. The average molecular weight is 298 g/mol. The number of ether oxygens (including phenoxy) is 1. The molecule has 0 spiro atoms. The van der Waals surface area contributed by atoms with Crippen LogP contribution in [0.1, 0.15) is 17.2 Å². The zero-order chi connectivity index (χ0) is 15.6. The van der Waals surface area contributed by atoms with Crippen molar-refractivity contribution < 1.29 is 9.13 Å². The predicted octanol–water partition coefficient (Wildman–Crippen LogP) is 2.20. The first-order valence-corrected chi connectivity index (χ1v) is 6.75. The fourth-order valence-corrected chi connectivity index (χ4v) is 2.62. The summed E-state index contributed by atoms with van der Waals surface area (Å²) in [5.74, 6) is -0.204. The summed E-state index contributed by atoms with van der Waals surface area (Å²) in [7, 11) is 1.57. The smallest absolute Gasteiger partial charge is 0.215 e. The number of pyridine rings is 1. The van der Waals surface area contributed by atoms with E-state index in [1.807, 2.05) is 12.1 Å². The molecule has 6 heteroatoms. The van der Waals surface area contributed by atoms with Crippen LogP contribution in [0.2, 0.25) is 0 Å². The quantitative estimate of drug-likeness (QED) is 0.944. The highest BCUT2D eigenvalue weighted by Gasteiger charge is 2.43. The minimum atomic E-state index is -0.959. The normalized spacial score (nSPS) is 24.1. The molecule has 0 bridgehead atoms. The van der Waals surface area contributed by atoms with Gasteiger partial charge in [0.1, 0.15) is 11.9 Å². The Balaban J connectivity index is 2.17. The monoisotopic (exact) mass is 298 g/mol. The Labute approximate surface area is 127 Å². The number of benzene rings is 1. The molecule has 2 heterocycles. The summed E-state index contributed by atoms with van der Waals surface area (Å²) in [4.78, 5) is 12.5. The van der Waals surface area contributed by atoms with Crippen molar-refractivity contribution in [2.45, 2.75) is 11.6 Å². The lowest BCUT2D eigenvalue weighted by molar-refractivity contribution is 0.0276. The first-order chi connectivity index (χ1) is 10.7. The summed E-state index contributed by atoms with van der Waals surface area (Å²) >= 11 is 0. The second-order valence-corrected chi connectivity index (χ2v) is 4.94. The topological polar surface area (TPSA) is 72.9 Å². The molecule has 5 nitrogen and oxygen atoms in total. The van der Waals surface area contributed by atoms with Crippen molar-refractivity contribution in [1.29, 1.82) is 0 Å². The molecule has 112 valence electrons. The largest absolute Gasteiger partial charge is 0.368 e. The van der Waals surface area contributed by atoms with Gasteiger partial charge in [0.05, 0.1) is 0 Å². The zero-order valence-corrected chi connectivity index (χ0v) is 12.0. The van der Waals surface area contributed by atoms with Crippen molar-refractivity contribution in [2.75, 3.05) is 7.11 Å². The van der Waals surface area contributed by atoms with E-state index >= 15 is 0 Å². The molecule has 2 aromatic rings. The number of guanidine groups is 1. The number of aliphatic imine (C=N–C) groups is 2. The van der Waals surface area contributed by atoms with Gasteiger partial charge in [0, 0.05) is 25.7 Å². The van der Waals surface area contributed by atoms with Crippen molar-refractivity contribution in [1.82, 2.24) is 4.98 Å². The first kappa shape index (κ1) is 14.3. The van der Waals surface area contributed by atoms with Crippen LogP contribution in [0.3, 0.4) is 0 Å². The van der Waals surface area contributed by atoms with Crippen LogP contribution in [-0.2, 0) is 10.3 Å². The van der Waals surface area contributed by atoms with Crippen LogP contribution in [-0.4, -0.2) is 24.3 Å². The number of nitrogens with zero attached hydrogens (tertiary/aromatic N) is 3. The molecule has 0 saturated heterocycles. The summed E-state index contributed by atoms with van der Waals surface area (Å²) in [6.45, 7) is 0. The van der Waals surface area contributed by atoms with Crippen LogP contribution >= 0.6 is 0 Å². The fraction of sp³-hybridized carbons (Fsp3) is 0.188. The van der Waals surface area contributed by atoms with Gasteiger partial charge in [-0.2, -0.15) is 0 Å². The van der Waals surface area contributed by atoms with E-state index in [-0.39, 0.29) is 11.8 Å². The number of methoxy groups -OCH3 is 1. The number of rotatable bonds is 3. The van der Waals surface area contributed by atoms with E-state index in [0.29, 0.717) is 5.56 Å². The number of halogens is 1. The standard InChI is InChI=1S/C16H15FN4O/c1-22-16(12-5-7-19-8-6-12)10-20-15(18)21-14(16)11-3-2-4-13(17)9-11/h2-10,14H,1H3,(H2,18,21). The van der Waals surface area contributed by atoms with Crippen molar-refractivity contribution in [3.63, 3.8) is 0 Å². The second-order valence-electron chi connectivity index (χ2n) is 4.94. The first-order valence-electron chi connectivity index (χ1n) is 6.75. The van der Waals surface area contributed by atoms with Crippen LogP contribution in [0.15, 0.2) is 58.8 Å². The van der Waals surface area contributed by atoms with Gasteiger partial charge in [0.25, 0.3) is 0 Å². The van der Waals surface area contributed by atoms with Crippen LogP contribution in [0.5, 0.6) is 0 Å². The van der Waals surface area contributed by atoms with Crippen molar-refractivity contribution >= 4 is 12.2 Å². The second kappa shape index (κ2) is 5.65. The van der Waals surface area contributed by atoms with Crippen LogP contribution in [0.25, 0.3) is 0 Å². The Bertz CT molecular complexity index is 732. The van der Waals surface area contributed by atoms with Gasteiger partial charge in [-0.3, -0.25) is 4.98 Å². The average Bonchev–Trinajstić information content (AvgIpc) is 2.56. The molecule has 2 N–H and O–H groups in total. The molecule has 0 amide bonds. The molecule has 1 aromatic carbocycles. The van der Waals surface area contributed by atoms with Crippen LogP contribution in [0.4, 0.5) is 4.39 Å². The molecule has 3 rings (SSSR count). The Kier molecular flexibility index (Phi) is 3.68. The fourth-order valence-electron chi connectivity index (χ4n) is 2.62. The molecule has 1 aliphatic heterocycles. The summed E-state index contributed by atoms with van der Waals surface area (Å²) in [5, 5.41) is 0. The number of aromatic nitrogens is 1. The Morgan fingerprint density at radius 3 is 2.68 bits per heavy atom. The maximum Gasteiger partial charge on any atom is 0.215 e. The molecule has 0 fully saturated rings. The maximum atomic E-state index is 13.6. The van der Waals surface area contributed by atoms with E-state index in [4.69, 9.17) is 10.5 Å². The van der Waals surface area contributed by atoms with Crippen molar-refractivity contribution in [3.05, 3.63) is 65.7 Å². The summed E-state index contributed by atoms with van der Waals surface area (Å²) < 4.78 is 19.4. The third-order valence-electron chi connectivity index (χ3n) is 3.69. The lowest BCUT2D eigenvalue weighted by Crippen LogP contribution is -2.40. The molecular formula is C16H15FN4O. The van der Waals surface area contributed by atoms with Gasteiger partial charge in [-0.15, -0.1) is 0 Å². The molecule has 1 aliphatic rings. The molecule has 2 unspecified atom stereocenters. The lowest BCUT2D eigenvalue weighted by atomic mass is 9.83. The van der Waals surface area contributed by atoms with Crippen LogP contribution < -0.4 is 5.73 Å². The summed E-state index contributed by atoms with van der Waals surface area (Å²) in [6.07, 6.45) is 4.93. The third-order valence-corrected chi connectivity index (χ3v) is 3.69. The van der Waals surface area contributed by atoms with Gasteiger partial charge >= 0.3 is 0 Å². The predicted molar refractivity (Wildman–Crippen MR) is 82.2 cm³/mol. The molecule has 22 heavy (non-hydrogen) atoms. The van der Waals surface area contributed by atoms with E-state index in [0.717, 1.165) is 5.56 Å². The van der Waals surface area contributed by atoms with E-state index < -0.39 is 11.6 Å². The highest BCUT2D eigenvalue weighted by atomic mass is 19.1. The highest BCUT2D eigenvalue weighted by molar-refractivity contribution is 5.92. The molecular weight excluding hydrogens is 283 g/mol. The summed E-state index contributed by atoms with van der Waals surface area (Å²) in [6, 6.07) is 9.34. The number of nitrogens with two attached hydrogens (primary N) is 1. The van der Waals surface area contributed by atoms with E-state index in [2.05, 4.69) is 15.0 Å². The van der Waals surface area contributed by atoms with Gasteiger partial charge in [-0.25, -0.2) is 14.4 Å². The minimum absolute atomic E-state index is 0.135. The van der Waals surface area contributed by atoms with Crippen LogP contribution in [0, 0.1) is 5.82 Å². The van der Waals surface area contributed by atoms with Gasteiger partial charge in [-0.05, 0) is 35.4 Å². The van der Waals surface area contributed by atoms with Gasteiger partial charge in [0.2, 0.25) is 5.96 Å². The van der Waals surface area contributed by atoms with E-state index in [9.17, 15) is 4.39 Å². The number of hydrogen-bond donors (Lipinski definition) is 1. The molecule has 2 atom stereocenters. The lowest BCUT2D eigenvalue weighted by Gasteiger charge is -2.36. The minimum Gasteiger partial charge on any atom is -0.368 e. The Hall–Kier alpha value is -2.60. The highest BCUT2D eigenvalue weighted by Crippen LogP contribution is 2.41. The van der Waals surface area contributed by atoms with Crippen molar-refractivity contribution in [2.24, 2.45) is 15.7 Å². The van der Waals surface area contributed by atoms with E-state index in [1.165, 1.54) is 12.1 Å². The van der Waals surface area contributed by atoms with Gasteiger partial charge < -0.3 is 10.5 Å². The maximum absolute atomic E-state index is 13.6. The molecule has 0 radical (unpaired) electrons. The molecule has 1 aromatic heterocycles. The molecule has 0 aliphatic carbocycles. The van der Waals surface area contributed by atoms with Gasteiger partial charge in [-0.1, -0.05) is 12.1 Å². The zero-order valence-electron chi connectivity index (χ0n) is 12.0. The Morgan fingerprint density at radius 2 is 2.00 bits per heavy atom. The third kappa shape index (κ3) is 2.37. The van der Waals surface area contributed by atoms with Crippen molar-refractivity contribution in [3.8, 4) is 0 Å². The van der Waals surface area contributed by atoms with Gasteiger partial charge in [0.15, 0.2) is 5.60 Å². The van der Waals surface area contributed by atoms with E-state index in [1.54, 1.807) is 37.9 Å². The number of hydrogen-bond acceptors (Lipinski definition) is 5. The SMILES string of the molecule is COC1(c2ccncc2)C=NC(N)=NC1c1cccc(F)c1. The summed E-state index contributed by atoms with van der Waals surface area (Å²) in [5.41, 5.74) is 6.26. The molecule has 0 saturated carbocycles.